The molecule has 17 nitrogen and oxygen atoms in total. The van der Waals surface area contributed by atoms with E-state index in [4.69, 9.17) is 32.8 Å². The van der Waals surface area contributed by atoms with Crippen LogP contribution in [-0.4, -0.2) is 172 Å². The number of piperidine rings is 1. The van der Waals surface area contributed by atoms with Crippen LogP contribution in [0.5, 0.6) is 0 Å². The van der Waals surface area contributed by atoms with Gasteiger partial charge in [0.25, 0.3) is 11.7 Å². The smallest absolute Gasteiger partial charge is 0.329 e. The number of amides is 1. The van der Waals surface area contributed by atoms with E-state index >= 15 is 0 Å². The van der Waals surface area contributed by atoms with Crippen molar-refractivity contribution >= 4 is 43.5 Å². The van der Waals surface area contributed by atoms with Crippen molar-refractivity contribution < 1.29 is 71.8 Å². The summed E-state index contributed by atoms with van der Waals surface area (Å²) in [6.45, 7) is 20.5. The van der Waals surface area contributed by atoms with Crippen LogP contribution in [0.15, 0.2) is 47.6 Å². The van der Waals surface area contributed by atoms with Crippen molar-refractivity contribution in [3.8, 4) is 0 Å². The molecule has 1 saturated carbocycles. The Morgan fingerprint density at radius 3 is 2.24 bits per heavy atom. The van der Waals surface area contributed by atoms with E-state index in [1.807, 2.05) is 88.7 Å². The van der Waals surface area contributed by atoms with Gasteiger partial charge < -0.3 is 48.0 Å². The van der Waals surface area contributed by atoms with Crippen LogP contribution in [0.4, 0.5) is 0 Å². The molecule has 440 valence electrons. The van der Waals surface area contributed by atoms with Crippen molar-refractivity contribution in [3.63, 3.8) is 0 Å². The average Bonchev–Trinajstić information content (AvgIpc) is 3.85. The second-order valence-corrected chi connectivity index (χ2v) is 28.9. The molecule has 2 bridgehead atoms. The first-order valence-electron chi connectivity index (χ1n) is 28.9. The van der Waals surface area contributed by atoms with E-state index in [1.54, 1.807) is 28.1 Å². The number of likely N-dealkylation sites (tertiary alicyclic amines) is 1. The molecule has 2 N–H and O–H groups in total. The molecule has 1 aliphatic carbocycles. The second-order valence-electron chi connectivity index (χ2n) is 24.4. The molecular formula is C60H96N2O15Si. The number of hydrogen-bond acceptors (Lipinski definition) is 16. The van der Waals surface area contributed by atoms with Crippen LogP contribution in [0.25, 0.3) is 0 Å². The number of nitrogens with zero attached hydrogens (tertiary/aromatic N) is 2. The fourth-order valence-electron chi connectivity index (χ4n) is 12.2. The fourth-order valence-corrected chi connectivity index (χ4v) is 13.3. The minimum Gasteiger partial charge on any atom is -0.460 e. The van der Waals surface area contributed by atoms with Crippen LogP contribution in [0.2, 0.25) is 19.6 Å². The van der Waals surface area contributed by atoms with Gasteiger partial charge in [-0.2, -0.15) is 0 Å². The van der Waals surface area contributed by atoms with Gasteiger partial charge in [-0.3, -0.25) is 28.9 Å². The lowest BCUT2D eigenvalue weighted by Gasteiger charge is -2.42. The third kappa shape index (κ3) is 18.1. The Bertz CT molecular complexity index is 2170. The van der Waals surface area contributed by atoms with Crippen LogP contribution in [-0.2, 0) is 61.6 Å². The Labute approximate surface area is 466 Å². The van der Waals surface area contributed by atoms with Crippen LogP contribution >= 0.6 is 0 Å². The largest absolute Gasteiger partial charge is 0.460 e. The van der Waals surface area contributed by atoms with E-state index in [9.17, 15) is 39.0 Å². The molecule has 5 aliphatic rings. The van der Waals surface area contributed by atoms with Gasteiger partial charge in [-0.25, -0.2) is 4.79 Å². The molecule has 5 rings (SSSR count). The number of cyclic esters (lactones) is 1. The minimum atomic E-state index is -2.45. The lowest BCUT2D eigenvalue weighted by Crippen LogP contribution is -2.61. The first-order valence-corrected chi connectivity index (χ1v) is 32.3. The van der Waals surface area contributed by atoms with Crippen LogP contribution in [0.3, 0.4) is 0 Å². The number of ether oxygens (including phenoxy) is 6. The van der Waals surface area contributed by atoms with Crippen LogP contribution < -0.4 is 0 Å². The molecule has 4 aliphatic heterocycles. The van der Waals surface area contributed by atoms with Gasteiger partial charge in [0.2, 0.25) is 5.79 Å². The lowest BCUT2D eigenvalue weighted by atomic mass is 9.78. The Morgan fingerprint density at radius 2 is 1.59 bits per heavy atom. The predicted octanol–water partition coefficient (Wildman–Crippen LogP) is 7.66. The van der Waals surface area contributed by atoms with Gasteiger partial charge in [0.15, 0.2) is 19.9 Å². The standard InChI is InChI=1S/C60H96N2O15Si/c1-37-19-15-14-16-20-38(2)50(71-8)33-46-24-22-43(7)60(70,76-46)57(67)58(68)62-27-18-17-21-47(62)59(69)75-51(34-48(64)39(3)30-42(6)55(77-78(11,12)13)56(73-10)54(66)41(5)29-37)40(4)31-44-23-25-49(52(32-44)72-9)74-53(65)36-61-28-26-45(63)35-61/h14-16,19-20,30,37,40-47,49-52,55-56,63,70H,17-18,21-29,31-36H2,1-13H3/t37-,40-,41-,42?,43-,44+,45-,46+,47+,49-,50+,51+,52-,55-,56+,60-/m1/s1. The van der Waals surface area contributed by atoms with Gasteiger partial charge in [-0.05, 0) is 133 Å². The van der Waals surface area contributed by atoms with Crippen LogP contribution in [0, 0.1) is 35.5 Å². The number of esters is 2. The monoisotopic (exact) mass is 1110 g/mol. The summed E-state index contributed by atoms with van der Waals surface area (Å²) >= 11 is 0. The van der Waals surface area contributed by atoms with E-state index in [1.165, 1.54) is 12.0 Å². The minimum absolute atomic E-state index is 0.0414. The maximum Gasteiger partial charge on any atom is 0.329 e. The highest BCUT2D eigenvalue weighted by Crippen LogP contribution is 2.38. The molecule has 4 heterocycles. The fraction of sp³-hybridized carbons (Fsp3) is 0.767. The Morgan fingerprint density at radius 1 is 0.859 bits per heavy atom. The molecule has 0 aromatic heterocycles. The van der Waals surface area contributed by atoms with E-state index in [2.05, 4.69) is 6.92 Å². The van der Waals surface area contributed by atoms with Crippen molar-refractivity contribution in [2.75, 3.05) is 47.5 Å². The van der Waals surface area contributed by atoms with Crippen LogP contribution in [0.1, 0.15) is 132 Å². The molecule has 4 fully saturated rings. The summed E-state index contributed by atoms with van der Waals surface area (Å²) in [7, 11) is 2.38. The van der Waals surface area contributed by atoms with Crippen molar-refractivity contribution in [1.82, 2.24) is 9.80 Å². The Balaban J connectivity index is 1.48. The topological polar surface area (TPSA) is 214 Å². The molecule has 1 amide bonds. The molecule has 0 radical (unpaired) electrons. The summed E-state index contributed by atoms with van der Waals surface area (Å²) in [5.41, 5.74) is 1.28. The first-order chi connectivity index (χ1) is 36.8. The first kappa shape index (κ1) is 65.1. The zero-order valence-corrected chi connectivity index (χ0v) is 50.2. The zero-order valence-electron chi connectivity index (χ0n) is 49.2. The number of ketones is 3. The van der Waals surface area contributed by atoms with Crippen molar-refractivity contribution in [3.05, 3.63) is 47.6 Å². The number of aliphatic hydroxyl groups excluding tert-OH is 1. The van der Waals surface area contributed by atoms with Crippen molar-refractivity contribution in [2.45, 2.75) is 212 Å². The number of rotatable bonds is 11. The van der Waals surface area contributed by atoms with Crippen molar-refractivity contribution in [2.24, 2.45) is 35.5 Å². The highest BCUT2D eigenvalue weighted by atomic mass is 28.4. The van der Waals surface area contributed by atoms with Gasteiger partial charge in [-0.15, -0.1) is 0 Å². The summed E-state index contributed by atoms with van der Waals surface area (Å²) in [5.74, 6) is -7.98. The summed E-state index contributed by atoms with van der Waals surface area (Å²) < 4.78 is 43.1. The zero-order chi connectivity index (χ0) is 57.6. The number of allylic oxidation sites excluding steroid dienone is 6. The molecule has 1 unspecified atom stereocenters. The molecular weight excluding hydrogens is 1020 g/mol. The lowest BCUT2D eigenvalue weighted by molar-refractivity contribution is -0.265. The molecule has 0 spiro atoms. The third-order valence-electron chi connectivity index (χ3n) is 16.8. The molecule has 0 aromatic rings. The van der Waals surface area contributed by atoms with Gasteiger partial charge in [0.05, 0.1) is 37.1 Å². The quantitative estimate of drug-likeness (QED) is 0.115. The highest BCUT2D eigenvalue weighted by molar-refractivity contribution is 6.69. The number of fused-ring (bicyclic) bond motifs is 3. The molecule has 78 heavy (non-hydrogen) atoms. The summed E-state index contributed by atoms with van der Waals surface area (Å²) in [5, 5.41) is 22.0. The second kappa shape index (κ2) is 29.8. The van der Waals surface area contributed by atoms with E-state index in [0.29, 0.717) is 89.3 Å². The van der Waals surface area contributed by atoms with Gasteiger partial charge in [0.1, 0.15) is 24.4 Å². The Hall–Kier alpha value is -3.72. The van der Waals surface area contributed by atoms with Gasteiger partial charge in [0, 0.05) is 71.6 Å². The molecule has 16 atom stereocenters. The average molecular weight is 1110 g/mol. The number of carbonyl (C=O) groups is 6. The maximum absolute atomic E-state index is 14.7. The third-order valence-corrected chi connectivity index (χ3v) is 17.8. The highest BCUT2D eigenvalue weighted by Gasteiger charge is 2.53. The van der Waals surface area contributed by atoms with E-state index < -0.39 is 98.5 Å². The summed E-state index contributed by atoms with van der Waals surface area (Å²) in [4.78, 5) is 88.7. The van der Waals surface area contributed by atoms with Crippen molar-refractivity contribution in [1.29, 1.82) is 0 Å². The number of hydrogen-bond donors (Lipinski definition) is 2. The molecule has 3 saturated heterocycles. The number of Topliss-reactive ketones (excluding diaryl/α,β-unsaturated/α-hetero) is 3. The van der Waals surface area contributed by atoms with E-state index in [-0.39, 0.29) is 67.1 Å². The van der Waals surface area contributed by atoms with Gasteiger partial charge >= 0.3 is 11.9 Å². The SMILES string of the molecule is CO[C@H]1C[C@@H]2CC[C@@H](C)[C@@](O)(O2)C(=O)C(=O)N2CCCC[C@H]2C(=O)O[C@H]([C@H](C)C[C@@H]2CC[C@@H](OC(=O)CN3CC[C@@H](O)C3)[C@H](OC)C2)CC(=O)C(C)=CC(C)[C@@H](O[Si](C)(C)C)[C@@H](OC)C(=O)[C@H](C)C[C@H](C)C=CC=CC=C1C. The summed E-state index contributed by atoms with van der Waals surface area (Å²) in [6.07, 6.45) is 12.4. The summed E-state index contributed by atoms with van der Waals surface area (Å²) in [6, 6.07) is -1.17. The number of aliphatic hydroxyl groups is 2. The normalized spacial score (nSPS) is 35.9. The number of carbonyl (C=O) groups excluding carboxylic acids is 6. The van der Waals surface area contributed by atoms with Gasteiger partial charge in [-0.1, -0.05) is 71.1 Å². The number of β-amino-alcohol motifs (C(OH)–C–C–N with tert-alkyl or cyclic N) is 1. The Kier molecular flexibility index (Phi) is 24.9. The predicted molar refractivity (Wildman–Crippen MR) is 298 cm³/mol. The maximum atomic E-state index is 14.7. The molecule has 0 aromatic carbocycles. The van der Waals surface area contributed by atoms with E-state index in [0.717, 1.165) is 5.57 Å². The molecule has 18 heteroatoms. The number of methoxy groups -OCH3 is 3.